The number of para-hydroxylation sites is 1. The first-order valence-corrected chi connectivity index (χ1v) is 10.7. The molecule has 0 radical (unpaired) electrons. The number of phenols is 1. The van der Waals surface area contributed by atoms with Crippen molar-refractivity contribution in [2.24, 2.45) is 0 Å². The van der Waals surface area contributed by atoms with Crippen LogP contribution in [0, 0.1) is 0 Å². The Hall–Kier alpha value is -3.39. The van der Waals surface area contributed by atoms with Crippen LogP contribution in [0.4, 0.5) is 5.69 Å². The van der Waals surface area contributed by atoms with Crippen LogP contribution in [-0.4, -0.2) is 49.0 Å². The van der Waals surface area contributed by atoms with E-state index in [0.717, 1.165) is 11.1 Å². The van der Waals surface area contributed by atoms with Crippen LogP contribution in [-0.2, 0) is 27.2 Å². The number of aromatic hydroxyl groups is 1. The summed E-state index contributed by atoms with van der Waals surface area (Å²) >= 11 is 0. The van der Waals surface area contributed by atoms with Crippen LogP contribution in [0.15, 0.2) is 48.5 Å². The van der Waals surface area contributed by atoms with Crippen molar-refractivity contribution >= 4 is 23.4 Å². The van der Waals surface area contributed by atoms with E-state index in [2.05, 4.69) is 21.3 Å². The molecule has 0 bridgehead atoms. The van der Waals surface area contributed by atoms with Crippen molar-refractivity contribution in [3.8, 4) is 5.75 Å². The lowest BCUT2D eigenvalue weighted by atomic mass is 10.0. The summed E-state index contributed by atoms with van der Waals surface area (Å²) in [6.45, 7) is 1.63. The van der Waals surface area contributed by atoms with Crippen molar-refractivity contribution in [2.75, 3.05) is 19.4 Å². The minimum Gasteiger partial charge on any atom is -0.508 e. The van der Waals surface area contributed by atoms with E-state index in [9.17, 15) is 19.5 Å². The minimum absolute atomic E-state index is 0.0192. The largest absolute Gasteiger partial charge is 0.508 e. The summed E-state index contributed by atoms with van der Waals surface area (Å²) in [5, 5.41) is 20.6. The zero-order valence-corrected chi connectivity index (χ0v) is 18.8. The Bertz CT molecular complexity index is 914. The predicted molar refractivity (Wildman–Crippen MR) is 124 cm³/mol. The zero-order chi connectivity index (χ0) is 23.5. The standard InChI is InChI=1S/C24H32N4O4/c1-16(27-24(32)21(25-2)15-17-11-13-19(29)14-12-17)23(31)28-20-9-5-4-7-18(20)8-6-10-22(30)26-3/h4-5,7,9,11-14,16,21,25,29H,6,8,10,15H2,1-3H3,(H,26,30)(H,27,32)(H,28,31)/t16-,21-/m0/s1. The highest BCUT2D eigenvalue weighted by atomic mass is 16.3. The molecule has 3 amide bonds. The highest BCUT2D eigenvalue weighted by Crippen LogP contribution is 2.18. The second-order valence-electron chi connectivity index (χ2n) is 7.62. The van der Waals surface area contributed by atoms with Gasteiger partial charge in [0.2, 0.25) is 17.7 Å². The molecule has 0 aliphatic rings. The van der Waals surface area contributed by atoms with E-state index >= 15 is 0 Å². The number of amides is 3. The molecule has 2 aromatic rings. The summed E-state index contributed by atoms with van der Waals surface area (Å²) in [7, 11) is 3.29. The lowest BCUT2D eigenvalue weighted by molar-refractivity contribution is -0.127. The second-order valence-corrected chi connectivity index (χ2v) is 7.62. The first-order valence-electron chi connectivity index (χ1n) is 10.7. The van der Waals surface area contributed by atoms with Gasteiger partial charge in [-0.25, -0.2) is 0 Å². The number of hydrogen-bond donors (Lipinski definition) is 5. The van der Waals surface area contributed by atoms with Crippen LogP contribution in [0.1, 0.15) is 30.9 Å². The van der Waals surface area contributed by atoms with Crippen LogP contribution in [0.2, 0.25) is 0 Å². The number of carbonyl (C=O) groups is 3. The van der Waals surface area contributed by atoms with Crippen LogP contribution < -0.4 is 21.3 Å². The van der Waals surface area contributed by atoms with Gasteiger partial charge < -0.3 is 26.4 Å². The van der Waals surface area contributed by atoms with Gasteiger partial charge in [-0.15, -0.1) is 0 Å². The van der Waals surface area contributed by atoms with Crippen molar-refractivity contribution in [1.82, 2.24) is 16.0 Å². The third-order valence-electron chi connectivity index (χ3n) is 5.20. The van der Waals surface area contributed by atoms with Crippen molar-refractivity contribution in [3.05, 3.63) is 59.7 Å². The van der Waals surface area contributed by atoms with Gasteiger partial charge in [0, 0.05) is 19.2 Å². The number of nitrogens with one attached hydrogen (secondary N) is 4. The fourth-order valence-corrected chi connectivity index (χ4v) is 3.24. The van der Waals surface area contributed by atoms with Gasteiger partial charge in [0.05, 0.1) is 6.04 Å². The molecule has 0 aromatic heterocycles. The van der Waals surface area contributed by atoms with Gasteiger partial charge in [0.15, 0.2) is 0 Å². The molecular formula is C24H32N4O4. The summed E-state index contributed by atoms with van der Waals surface area (Å²) in [5.41, 5.74) is 2.49. The summed E-state index contributed by atoms with van der Waals surface area (Å²) in [4.78, 5) is 36.8. The minimum atomic E-state index is -0.739. The van der Waals surface area contributed by atoms with E-state index in [1.807, 2.05) is 24.3 Å². The van der Waals surface area contributed by atoms with Gasteiger partial charge in [-0.2, -0.15) is 0 Å². The molecule has 0 saturated heterocycles. The Morgan fingerprint density at radius 2 is 1.66 bits per heavy atom. The molecule has 0 fully saturated rings. The van der Waals surface area contributed by atoms with Crippen LogP contribution in [0.25, 0.3) is 0 Å². The summed E-state index contributed by atoms with van der Waals surface area (Å²) in [6.07, 6.45) is 2.15. The molecule has 5 N–H and O–H groups in total. The lowest BCUT2D eigenvalue weighted by Crippen LogP contribution is -2.50. The third-order valence-corrected chi connectivity index (χ3v) is 5.20. The Morgan fingerprint density at radius 1 is 0.969 bits per heavy atom. The summed E-state index contributed by atoms with van der Waals surface area (Å²) in [5.74, 6) is -0.466. The number of carbonyl (C=O) groups excluding carboxylic acids is 3. The molecule has 32 heavy (non-hydrogen) atoms. The van der Waals surface area contributed by atoms with Crippen molar-refractivity contribution < 1.29 is 19.5 Å². The second kappa shape index (κ2) is 12.5. The van der Waals surface area contributed by atoms with E-state index in [-0.39, 0.29) is 23.5 Å². The van der Waals surface area contributed by atoms with Crippen molar-refractivity contribution in [1.29, 1.82) is 0 Å². The lowest BCUT2D eigenvalue weighted by Gasteiger charge is -2.20. The molecule has 8 nitrogen and oxygen atoms in total. The van der Waals surface area contributed by atoms with Crippen molar-refractivity contribution in [3.63, 3.8) is 0 Å². The van der Waals surface area contributed by atoms with E-state index in [1.54, 1.807) is 45.3 Å². The van der Waals surface area contributed by atoms with E-state index in [1.165, 1.54) is 0 Å². The molecular weight excluding hydrogens is 408 g/mol. The van der Waals surface area contributed by atoms with Gasteiger partial charge in [-0.3, -0.25) is 14.4 Å². The number of aryl methyl sites for hydroxylation is 1. The molecule has 0 saturated carbocycles. The third kappa shape index (κ3) is 7.70. The number of anilines is 1. The maximum atomic E-state index is 12.7. The molecule has 0 aliphatic heterocycles. The van der Waals surface area contributed by atoms with Crippen LogP contribution in [0.3, 0.4) is 0 Å². The number of hydrogen-bond acceptors (Lipinski definition) is 5. The highest BCUT2D eigenvalue weighted by molar-refractivity contribution is 5.98. The Balaban J connectivity index is 1.93. The zero-order valence-electron chi connectivity index (χ0n) is 18.8. The molecule has 0 aliphatic carbocycles. The topological polar surface area (TPSA) is 120 Å². The number of likely N-dealkylation sites (N-methyl/N-ethyl adjacent to an activating group) is 1. The van der Waals surface area contributed by atoms with E-state index in [0.29, 0.717) is 31.4 Å². The Morgan fingerprint density at radius 3 is 2.31 bits per heavy atom. The molecule has 2 atom stereocenters. The quantitative estimate of drug-likeness (QED) is 0.365. The predicted octanol–water partition coefficient (Wildman–Crippen LogP) is 1.73. The Kier molecular flexibility index (Phi) is 9.69. The van der Waals surface area contributed by atoms with E-state index in [4.69, 9.17) is 0 Å². The highest BCUT2D eigenvalue weighted by Gasteiger charge is 2.22. The average Bonchev–Trinajstić information content (AvgIpc) is 2.79. The molecule has 8 heteroatoms. The smallest absolute Gasteiger partial charge is 0.246 e. The van der Waals surface area contributed by atoms with E-state index < -0.39 is 12.1 Å². The van der Waals surface area contributed by atoms with Crippen molar-refractivity contribution in [2.45, 2.75) is 44.7 Å². The fraction of sp³-hybridized carbons (Fsp3) is 0.375. The number of rotatable bonds is 11. The first kappa shape index (κ1) is 24.9. The summed E-state index contributed by atoms with van der Waals surface area (Å²) in [6, 6.07) is 12.8. The average molecular weight is 441 g/mol. The summed E-state index contributed by atoms with van der Waals surface area (Å²) < 4.78 is 0. The van der Waals surface area contributed by atoms with Gasteiger partial charge in [0.25, 0.3) is 0 Å². The molecule has 0 spiro atoms. The Labute approximate surface area is 188 Å². The maximum absolute atomic E-state index is 12.7. The molecule has 0 heterocycles. The van der Waals surface area contributed by atoms with Gasteiger partial charge in [0.1, 0.15) is 11.8 Å². The van der Waals surface area contributed by atoms with Crippen LogP contribution >= 0.6 is 0 Å². The SMILES string of the molecule is CNC(=O)CCCc1ccccc1NC(=O)[C@H](C)NC(=O)[C@H](Cc1ccc(O)cc1)NC. The maximum Gasteiger partial charge on any atom is 0.246 e. The van der Waals surface area contributed by atoms with Gasteiger partial charge >= 0.3 is 0 Å². The normalized spacial score (nSPS) is 12.5. The number of benzene rings is 2. The van der Waals surface area contributed by atoms with Crippen LogP contribution in [0.5, 0.6) is 5.75 Å². The first-order chi connectivity index (χ1) is 15.3. The monoisotopic (exact) mass is 440 g/mol. The number of phenolic OH excluding ortho intramolecular Hbond substituents is 1. The fourth-order valence-electron chi connectivity index (χ4n) is 3.24. The molecule has 2 rings (SSSR count). The molecule has 0 unspecified atom stereocenters. The van der Waals surface area contributed by atoms with Gasteiger partial charge in [-0.05, 0) is 62.6 Å². The van der Waals surface area contributed by atoms with Gasteiger partial charge in [-0.1, -0.05) is 30.3 Å². The molecule has 2 aromatic carbocycles. The molecule has 172 valence electrons.